The molecule has 6 nitrogen and oxygen atoms in total. The molecular weight excluding hydrogens is 317 g/mol. The van der Waals surface area contributed by atoms with Crippen molar-refractivity contribution >= 4 is 25.5 Å². The average molecular weight is 351 g/mol. The van der Waals surface area contributed by atoms with Gasteiger partial charge in [0.05, 0.1) is 0 Å². The first-order valence-electron chi connectivity index (χ1n) is 9.90. The number of carbonyl (C=O) groups is 3. The van der Waals surface area contributed by atoms with Crippen molar-refractivity contribution in [1.82, 2.24) is 15.4 Å². The summed E-state index contributed by atoms with van der Waals surface area (Å²) in [6.45, 7) is 4.93. The molecule has 1 aliphatic rings. The number of amides is 3. The Balaban J connectivity index is 2.48. The Morgan fingerprint density at radius 3 is 2.60 bits per heavy atom. The Bertz CT molecular complexity index is 420. The molecule has 0 spiro atoms. The van der Waals surface area contributed by atoms with Gasteiger partial charge in [0.25, 0.3) is 0 Å². The highest BCUT2D eigenvalue weighted by Crippen LogP contribution is 2.19. The minimum absolute atomic E-state index is 0.0380. The van der Waals surface area contributed by atoms with Crippen LogP contribution in [0.25, 0.3) is 0 Å². The maximum Gasteiger partial charge on any atom is 0.343 e. The quantitative estimate of drug-likeness (QED) is 0.304. The van der Waals surface area contributed by atoms with E-state index in [-0.39, 0.29) is 31.2 Å². The molecule has 0 aliphatic carbocycles. The second-order valence-electron chi connectivity index (χ2n) is 6.94. The molecule has 0 aromatic rings. The number of rotatable bonds is 13. The third-order valence-electron chi connectivity index (χ3n) is 4.85. The fourth-order valence-electron chi connectivity index (χ4n) is 3.50. The first-order chi connectivity index (χ1) is 12.1. The van der Waals surface area contributed by atoms with E-state index in [1.807, 2.05) is 0 Å². The number of likely N-dealkylation sites (tertiary alicyclic amines) is 1. The predicted molar refractivity (Wildman–Crippen MR) is 102 cm³/mol. The topological polar surface area (TPSA) is 78.5 Å². The van der Waals surface area contributed by atoms with E-state index < -0.39 is 0 Å². The summed E-state index contributed by atoms with van der Waals surface area (Å²) in [5.41, 5.74) is 0. The lowest BCUT2D eigenvalue weighted by Crippen LogP contribution is -2.50. The van der Waals surface area contributed by atoms with E-state index in [1.165, 1.54) is 25.7 Å². The summed E-state index contributed by atoms with van der Waals surface area (Å²) in [7, 11) is -0.0386. The standard InChI is InChI=1S/C18H34BN3O3/c1-3-5-6-7-8-11-15(10-4-2)21-17(24)16-12-9-13-22(16)18(25)19-20-14-23/h14-16,19H,3-13H2,1-2H3,(H,20,23)(H,21,24). The monoisotopic (exact) mass is 351 g/mol. The molecule has 0 radical (unpaired) electrons. The minimum Gasteiger partial charge on any atom is -0.396 e. The van der Waals surface area contributed by atoms with Crippen molar-refractivity contribution in [2.75, 3.05) is 6.54 Å². The van der Waals surface area contributed by atoms with Crippen molar-refractivity contribution in [3.8, 4) is 0 Å². The fraction of sp³-hybridized carbons (Fsp3) is 0.833. The highest BCUT2D eigenvalue weighted by atomic mass is 16.2. The summed E-state index contributed by atoms with van der Waals surface area (Å²) >= 11 is 0. The Hall–Kier alpha value is -1.53. The molecule has 142 valence electrons. The van der Waals surface area contributed by atoms with Gasteiger partial charge in [-0.05, 0) is 25.7 Å². The highest BCUT2D eigenvalue weighted by molar-refractivity contribution is 6.72. The largest absolute Gasteiger partial charge is 0.396 e. The Morgan fingerprint density at radius 2 is 1.92 bits per heavy atom. The van der Waals surface area contributed by atoms with Gasteiger partial charge in [0.2, 0.25) is 5.91 Å². The number of nitrogens with one attached hydrogen (secondary N) is 2. The number of nitrogens with zero attached hydrogens (tertiary/aromatic N) is 1. The number of unbranched alkanes of at least 4 members (excludes halogenated alkanes) is 4. The molecule has 1 saturated heterocycles. The molecule has 1 fully saturated rings. The Morgan fingerprint density at radius 1 is 1.16 bits per heavy atom. The minimum atomic E-state index is -0.389. The molecule has 1 heterocycles. The van der Waals surface area contributed by atoms with Crippen molar-refractivity contribution < 1.29 is 14.4 Å². The lowest BCUT2D eigenvalue weighted by atomic mass is 9.92. The molecule has 0 aromatic heterocycles. The molecule has 0 bridgehead atoms. The van der Waals surface area contributed by atoms with Crippen molar-refractivity contribution in [2.24, 2.45) is 0 Å². The van der Waals surface area contributed by atoms with Crippen LogP contribution >= 0.6 is 0 Å². The predicted octanol–water partition coefficient (Wildman–Crippen LogP) is 2.31. The summed E-state index contributed by atoms with van der Waals surface area (Å²) in [4.78, 5) is 36.8. The van der Waals surface area contributed by atoms with Crippen molar-refractivity contribution in [2.45, 2.75) is 90.1 Å². The SMILES string of the molecule is CCCCCCCC(CCC)NC(=O)C1CCCN1C(=O)BNC=O. The summed E-state index contributed by atoms with van der Waals surface area (Å²) < 4.78 is 0. The van der Waals surface area contributed by atoms with Gasteiger partial charge in [0.15, 0.2) is 12.2 Å². The molecular formula is C18H34BN3O3. The third kappa shape index (κ3) is 7.93. The van der Waals surface area contributed by atoms with Crippen molar-refractivity contribution in [3.63, 3.8) is 0 Å². The average Bonchev–Trinajstić information content (AvgIpc) is 3.09. The summed E-state index contributed by atoms with van der Waals surface area (Å²) in [5, 5.41) is 5.56. The number of hydrogen-bond acceptors (Lipinski definition) is 3. The van der Waals surface area contributed by atoms with E-state index in [2.05, 4.69) is 24.4 Å². The maximum absolute atomic E-state index is 12.7. The molecule has 2 N–H and O–H groups in total. The first-order valence-corrected chi connectivity index (χ1v) is 9.90. The zero-order valence-corrected chi connectivity index (χ0v) is 15.9. The maximum atomic E-state index is 12.7. The van der Waals surface area contributed by atoms with Crippen LogP contribution in [0.2, 0.25) is 0 Å². The van der Waals surface area contributed by atoms with Gasteiger partial charge < -0.3 is 15.4 Å². The molecule has 1 aliphatic heterocycles. The molecule has 7 heteroatoms. The van der Waals surface area contributed by atoms with Crippen LogP contribution in [0, 0.1) is 0 Å². The van der Waals surface area contributed by atoms with Crippen LogP contribution < -0.4 is 10.5 Å². The van der Waals surface area contributed by atoms with Crippen LogP contribution in [-0.2, 0) is 9.59 Å². The molecule has 0 aromatic carbocycles. The van der Waals surface area contributed by atoms with Crippen LogP contribution in [0.1, 0.15) is 78.1 Å². The Kier molecular flexibility index (Phi) is 11.0. The van der Waals surface area contributed by atoms with Crippen LogP contribution in [-0.4, -0.2) is 49.1 Å². The van der Waals surface area contributed by atoms with Gasteiger partial charge in [-0.15, -0.1) is 0 Å². The van der Waals surface area contributed by atoms with E-state index in [9.17, 15) is 14.4 Å². The molecule has 2 atom stereocenters. The number of carbonyl (C=O) groups excluding carboxylic acids is 3. The van der Waals surface area contributed by atoms with Crippen LogP contribution in [0.15, 0.2) is 0 Å². The van der Waals surface area contributed by atoms with Gasteiger partial charge in [-0.25, -0.2) is 0 Å². The second kappa shape index (κ2) is 12.8. The van der Waals surface area contributed by atoms with E-state index in [4.69, 9.17) is 0 Å². The van der Waals surface area contributed by atoms with Crippen molar-refractivity contribution in [3.05, 3.63) is 0 Å². The number of hydrogen-bond donors (Lipinski definition) is 2. The Labute approximate surface area is 152 Å². The van der Waals surface area contributed by atoms with Gasteiger partial charge in [0.1, 0.15) is 6.04 Å². The molecule has 1 rings (SSSR count). The van der Waals surface area contributed by atoms with Crippen LogP contribution in [0.3, 0.4) is 0 Å². The van der Waals surface area contributed by atoms with E-state index in [1.54, 1.807) is 4.90 Å². The zero-order valence-electron chi connectivity index (χ0n) is 15.9. The lowest BCUT2D eigenvalue weighted by molar-refractivity contribution is -0.125. The smallest absolute Gasteiger partial charge is 0.343 e. The molecule has 25 heavy (non-hydrogen) atoms. The summed E-state index contributed by atoms with van der Waals surface area (Å²) in [6, 6.07) is -0.190. The van der Waals surface area contributed by atoms with Crippen LogP contribution in [0.4, 0.5) is 4.79 Å². The highest BCUT2D eigenvalue weighted by Gasteiger charge is 2.34. The van der Waals surface area contributed by atoms with Crippen molar-refractivity contribution in [1.29, 1.82) is 0 Å². The van der Waals surface area contributed by atoms with Crippen LogP contribution in [0.5, 0.6) is 0 Å². The first kappa shape index (κ1) is 21.5. The fourth-order valence-corrected chi connectivity index (χ4v) is 3.50. The van der Waals surface area contributed by atoms with Gasteiger partial charge in [-0.1, -0.05) is 52.4 Å². The molecule has 0 saturated carbocycles. The van der Waals surface area contributed by atoms with Gasteiger partial charge in [0, 0.05) is 12.6 Å². The third-order valence-corrected chi connectivity index (χ3v) is 4.85. The second-order valence-corrected chi connectivity index (χ2v) is 6.94. The van der Waals surface area contributed by atoms with Gasteiger partial charge in [-0.3, -0.25) is 14.4 Å². The van der Waals surface area contributed by atoms with Gasteiger partial charge in [-0.2, -0.15) is 0 Å². The van der Waals surface area contributed by atoms with E-state index in [0.29, 0.717) is 19.4 Å². The summed E-state index contributed by atoms with van der Waals surface area (Å²) in [6.07, 6.45) is 11.2. The summed E-state index contributed by atoms with van der Waals surface area (Å²) in [5.74, 6) is -0.222. The lowest BCUT2D eigenvalue weighted by Gasteiger charge is -2.26. The zero-order chi connectivity index (χ0) is 18.5. The normalized spacial score (nSPS) is 17.8. The molecule has 2 unspecified atom stereocenters. The van der Waals surface area contributed by atoms with E-state index in [0.717, 1.165) is 32.1 Å². The van der Waals surface area contributed by atoms with E-state index >= 15 is 0 Å². The van der Waals surface area contributed by atoms with Gasteiger partial charge >= 0.3 is 7.41 Å². The molecule has 3 amide bonds.